The summed E-state index contributed by atoms with van der Waals surface area (Å²) < 4.78 is 7.85. The summed E-state index contributed by atoms with van der Waals surface area (Å²) in [5.41, 5.74) is 1.20. The Hall–Kier alpha value is -1.99. The van der Waals surface area contributed by atoms with Gasteiger partial charge in [-0.3, -0.25) is 0 Å². The van der Waals surface area contributed by atoms with Crippen LogP contribution in [0.4, 0.5) is 0 Å². The van der Waals surface area contributed by atoms with Gasteiger partial charge in [-0.2, -0.15) is 0 Å². The fourth-order valence-corrected chi connectivity index (χ4v) is 4.81. The first kappa shape index (κ1) is 18.4. The predicted molar refractivity (Wildman–Crippen MR) is 102 cm³/mol. The van der Waals surface area contributed by atoms with Gasteiger partial charge in [0.05, 0.1) is 25.3 Å². The minimum absolute atomic E-state index is 0.121. The first-order valence-electron chi connectivity index (χ1n) is 10.4. The van der Waals surface area contributed by atoms with E-state index >= 15 is 0 Å². The van der Waals surface area contributed by atoms with Crippen molar-refractivity contribution in [2.75, 3.05) is 39.8 Å². The van der Waals surface area contributed by atoms with Crippen molar-refractivity contribution in [3.05, 3.63) is 35.7 Å². The number of rotatable bonds is 6. The van der Waals surface area contributed by atoms with Gasteiger partial charge in [0.15, 0.2) is 6.04 Å². The van der Waals surface area contributed by atoms with Crippen LogP contribution in [0.5, 0.6) is 5.75 Å². The zero-order valence-corrected chi connectivity index (χ0v) is 16.5. The SMILES string of the molecule is CC[NH+]1CC[NH+]([C@@H](c2ccccc2OC)c2nnnn2C2CCCC2)CC1. The van der Waals surface area contributed by atoms with E-state index in [1.54, 1.807) is 16.9 Å². The molecule has 1 aliphatic heterocycles. The molecule has 2 aromatic rings. The lowest BCUT2D eigenvalue weighted by Crippen LogP contribution is -3.28. The van der Waals surface area contributed by atoms with E-state index in [1.165, 1.54) is 50.9 Å². The molecule has 1 aromatic carbocycles. The maximum absolute atomic E-state index is 5.73. The second-order valence-corrected chi connectivity index (χ2v) is 7.86. The summed E-state index contributed by atoms with van der Waals surface area (Å²) in [7, 11) is 1.75. The fraction of sp³-hybridized carbons (Fsp3) is 0.650. The van der Waals surface area contributed by atoms with Crippen LogP contribution >= 0.6 is 0 Å². The van der Waals surface area contributed by atoms with Gasteiger partial charge in [-0.05, 0) is 42.3 Å². The molecule has 2 fully saturated rings. The lowest BCUT2D eigenvalue weighted by molar-refractivity contribution is -1.02. The molecule has 1 saturated carbocycles. The number of quaternary nitrogens is 2. The van der Waals surface area contributed by atoms with Crippen LogP contribution in [0.25, 0.3) is 0 Å². The van der Waals surface area contributed by atoms with Gasteiger partial charge in [-0.1, -0.05) is 25.0 Å². The molecular weight excluding hydrogens is 340 g/mol. The van der Waals surface area contributed by atoms with Gasteiger partial charge in [-0.15, -0.1) is 5.10 Å². The standard InChI is InChI=1S/C20H30N6O/c1-3-24-12-14-25(15-13-24)19(17-10-6-7-11-18(17)27-2)20-21-22-23-26(20)16-8-4-5-9-16/h6-7,10-11,16,19H,3-5,8-9,12-15H2,1-2H3/p+2/t19-/m0/s1. The lowest BCUT2D eigenvalue weighted by atomic mass is 10.0. The summed E-state index contributed by atoms with van der Waals surface area (Å²) in [6.07, 6.45) is 4.91. The Kier molecular flexibility index (Phi) is 5.69. The zero-order chi connectivity index (χ0) is 18.6. The van der Waals surface area contributed by atoms with E-state index in [4.69, 9.17) is 4.74 Å². The average molecular weight is 373 g/mol. The molecular formula is C20H32N6O+2. The lowest BCUT2D eigenvalue weighted by Gasteiger charge is -2.34. The van der Waals surface area contributed by atoms with Crippen LogP contribution in [0, 0.1) is 0 Å². The number of piperazine rings is 1. The number of para-hydroxylation sites is 1. The summed E-state index contributed by atoms with van der Waals surface area (Å²) in [6, 6.07) is 8.93. The number of nitrogens with zero attached hydrogens (tertiary/aromatic N) is 4. The Morgan fingerprint density at radius 3 is 2.59 bits per heavy atom. The van der Waals surface area contributed by atoms with Crippen molar-refractivity contribution in [1.82, 2.24) is 20.2 Å². The third-order valence-corrected chi connectivity index (χ3v) is 6.40. The summed E-state index contributed by atoms with van der Waals surface area (Å²) in [4.78, 5) is 3.23. The van der Waals surface area contributed by atoms with E-state index in [0.29, 0.717) is 6.04 Å². The van der Waals surface area contributed by atoms with Crippen LogP contribution < -0.4 is 14.5 Å². The molecule has 1 aromatic heterocycles. The second-order valence-electron chi connectivity index (χ2n) is 7.86. The molecule has 0 radical (unpaired) electrons. The minimum Gasteiger partial charge on any atom is -0.496 e. The van der Waals surface area contributed by atoms with Gasteiger partial charge < -0.3 is 14.5 Å². The number of nitrogens with one attached hydrogen (secondary N) is 2. The van der Waals surface area contributed by atoms with Crippen molar-refractivity contribution in [3.8, 4) is 5.75 Å². The largest absolute Gasteiger partial charge is 0.496 e. The van der Waals surface area contributed by atoms with Crippen molar-refractivity contribution >= 4 is 0 Å². The van der Waals surface area contributed by atoms with Crippen molar-refractivity contribution in [2.45, 2.75) is 44.7 Å². The van der Waals surface area contributed by atoms with Crippen LogP contribution in [0.15, 0.2) is 24.3 Å². The van der Waals surface area contributed by atoms with E-state index < -0.39 is 0 Å². The molecule has 0 bridgehead atoms. The smallest absolute Gasteiger partial charge is 0.214 e. The third kappa shape index (κ3) is 3.71. The second kappa shape index (κ2) is 8.35. The number of aromatic nitrogens is 4. The third-order valence-electron chi connectivity index (χ3n) is 6.40. The Morgan fingerprint density at radius 2 is 1.89 bits per heavy atom. The van der Waals surface area contributed by atoms with Gasteiger partial charge in [-0.25, -0.2) is 4.68 Å². The molecule has 2 aliphatic rings. The molecule has 1 atom stereocenters. The molecule has 0 amide bonds. The molecule has 4 rings (SSSR count). The maximum atomic E-state index is 5.73. The maximum Gasteiger partial charge on any atom is 0.214 e. The van der Waals surface area contributed by atoms with Crippen LogP contribution in [0.3, 0.4) is 0 Å². The first-order chi connectivity index (χ1) is 13.3. The molecule has 0 unspecified atom stereocenters. The molecule has 7 heteroatoms. The summed E-state index contributed by atoms with van der Waals surface area (Å²) in [5.74, 6) is 1.93. The number of methoxy groups -OCH3 is 1. The number of likely N-dealkylation sites (N-methyl/N-ethyl adjacent to an activating group) is 1. The van der Waals surface area contributed by atoms with Gasteiger partial charge in [0, 0.05) is 0 Å². The molecule has 27 heavy (non-hydrogen) atoms. The fourth-order valence-electron chi connectivity index (χ4n) is 4.81. The molecule has 1 aliphatic carbocycles. The first-order valence-corrected chi connectivity index (χ1v) is 10.4. The predicted octanol–water partition coefficient (Wildman–Crippen LogP) is -0.310. The van der Waals surface area contributed by atoms with E-state index in [2.05, 4.69) is 45.3 Å². The Balaban J connectivity index is 1.72. The van der Waals surface area contributed by atoms with Crippen molar-refractivity contribution in [2.24, 2.45) is 0 Å². The highest BCUT2D eigenvalue weighted by atomic mass is 16.5. The van der Waals surface area contributed by atoms with E-state index in [0.717, 1.165) is 24.7 Å². The zero-order valence-electron chi connectivity index (χ0n) is 16.5. The molecule has 2 heterocycles. The molecule has 1 saturated heterocycles. The van der Waals surface area contributed by atoms with Crippen molar-refractivity contribution in [3.63, 3.8) is 0 Å². The Labute approximate surface area is 161 Å². The van der Waals surface area contributed by atoms with Crippen LogP contribution in [-0.4, -0.2) is 60.0 Å². The monoisotopic (exact) mass is 372 g/mol. The average Bonchev–Trinajstić information content (AvgIpc) is 3.41. The van der Waals surface area contributed by atoms with Gasteiger partial charge in [0.2, 0.25) is 5.82 Å². The quantitative estimate of drug-likeness (QED) is 0.730. The van der Waals surface area contributed by atoms with Gasteiger partial charge >= 0.3 is 0 Å². The van der Waals surface area contributed by atoms with Crippen LogP contribution in [-0.2, 0) is 0 Å². The highest BCUT2D eigenvalue weighted by molar-refractivity contribution is 5.37. The molecule has 0 spiro atoms. The Morgan fingerprint density at radius 1 is 1.15 bits per heavy atom. The number of hydrogen-bond acceptors (Lipinski definition) is 4. The number of tetrazole rings is 1. The highest BCUT2D eigenvalue weighted by Gasteiger charge is 2.38. The summed E-state index contributed by atoms with van der Waals surface area (Å²) in [5, 5.41) is 13.1. The summed E-state index contributed by atoms with van der Waals surface area (Å²) >= 11 is 0. The number of ether oxygens (including phenoxy) is 1. The van der Waals surface area contributed by atoms with Crippen LogP contribution in [0.2, 0.25) is 0 Å². The normalized spacial score (nSPS) is 24.8. The number of benzene rings is 1. The van der Waals surface area contributed by atoms with E-state index in [-0.39, 0.29) is 6.04 Å². The van der Waals surface area contributed by atoms with Gasteiger partial charge in [0.25, 0.3) is 0 Å². The minimum atomic E-state index is 0.121. The molecule has 7 nitrogen and oxygen atoms in total. The van der Waals surface area contributed by atoms with E-state index in [1.807, 2.05) is 6.07 Å². The highest BCUT2D eigenvalue weighted by Crippen LogP contribution is 2.33. The van der Waals surface area contributed by atoms with Crippen LogP contribution in [0.1, 0.15) is 56.1 Å². The van der Waals surface area contributed by atoms with Gasteiger partial charge in [0.1, 0.15) is 31.9 Å². The topological polar surface area (TPSA) is 61.7 Å². The van der Waals surface area contributed by atoms with Crippen molar-refractivity contribution < 1.29 is 14.5 Å². The van der Waals surface area contributed by atoms with Crippen molar-refractivity contribution in [1.29, 1.82) is 0 Å². The number of hydrogen-bond donors (Lipinski definition) is 2. The Bertz CT molecular complexity index is 734. The summed E-state index contributed by atoms with van der Waals surface area (Å²) in [6.45, 7) is 8.13. The molecule has 146 valence electrons. The molecule has 2 N–H and O–H groups in total. The van der Waals surface area contributed by atoms with E-state index in [9.17, 15) is 0 Å².